The van der Waals surface area contributed by atoms with Gasteiger partial charge in [-0.25, -0.2) is 9.67 Å². The quantitative estimate of drug-likeness (QED) is 0.523. The molecule has 31 heavy (non-hydrogen) atoms. The second-order valence-corrected chi connectivity index (χ2v) is 8.10. The van der Waals surface area contributed by atoms with Crippen LogP contribution >= 0.6 is 0 Å². The molecule has 0 unspecified atom stereocenters. The van der Waals surface area contributed by atoms with Crippen LogP contribution in [-0.2, 0) is 17.8 Å². The monoisotopic (exact) mass is 425 g/mol. The maximum absolute atomic E-state index is 12.6. The Hall–Kier alpha value is -3.50. The summed E-state index contributed by atoms with van der Waals surface area (Å²) in [4.78, 5) is 36.4. The van der Waals surface area contributed by atoms with Crippen molar-refractivity contribution in [1.82, 2.24) is 34.7 Å². The van der Waals surface area contributed by atoms with Crippen molar-refractivity contribution in [1.29, 1.82) is 0 Å². The fraction of sp³-hybridized carbons (Fsp3) is 0.500. The second-order valence-electron chi connectivity index (χ2n) is 8.10. The van der Waals surface area contributed by atoms with E-state index in [4.69, 9.17) is 8.94 Å². The second kappa shape index (κ2) is 7.97. The summed E-state index contributed by atoms with van der Waals surface area (Å²) in [6.07, 6.45) is 5.58. The highest BCUT2D eigenvalue weighted by atomic mass is 16.5. The van der Waals surface area contributed by atoms with E-state index < -0.39 is 0 Å². The van der Waals surface area contributed by atoms with Crippen LogP contribution in [-0.4, -0.2) is 73.2 Å². The van der Waals surface area contributed by atoms with Crippen molar-refractivity contribution < 1.29 is 18.5 Å². The van der Waals surface area contributed by atoms with Crippen LogP contribution in [0.15, 0.2) is 33.7 Å². The van der Waals surface area contributed by atoms with E-state index in [1.807, 2.05) is 7.05 Å². The van der Waals surface area contributed by atoms with Crippen molar-refractivity contribution in [3.63, 3.8) is 0 Å². The number of hydrogen-bond donors (Lipinski definition) is 0. The number of amides is 2. The molecule has 0 bridgehead atoms. The summed E-state index contributed by atoms with van der Waals surface area (Å²) in [5.41, 5.74) is 0. The summed E-state index contributed by atoms with van der Waals surface area (Å²) >= 11 is 0. The maximum Gasteiger partial charge on any atom is 0.289 e. The Kier molecular flexibility index (Phi) is 5.00. The van der Waals surface area contributed by atoms with Gasteiger partial charge < -0.3 is 18.7 Å². The van der Waals surface area contributed by atoms with Crippen molar-refractivity contribution >= 4 is 11.8 Å². The molecular formula is C20H23N7O4. The minimum atomic E-state index is -0.166. The number of furan rings is 1. The van der Waals surface area contributed by atoms with Gasteiger partial charge in [0.05, 0.1) is 5.92 Å². The first-order valence-corrected chi connectivity index (χ1v) is 10.3. The minimum absolute atomic E-state index is 0.0145. The summed E-state index contributed by atoms with van der Waals surface area (Å²) in [6, 6.07) is 3.44. The lowest BCUT2D eigenvalue weighted by atomic mass is 10.00. The summed E-state index contributed by atoms with van der Waals surface area (Å²) in [5, 5.41) is 8.04. The van der Waals surface area contributed by atoms with E-state index in [2.05, 4.69) is 20.2 Å². The molecule has 4 heterocycles. The molecule has 0 N–H and O–H groups in total. The number of rotatable bonds is 8. The molecule has 162 valence electrons. The molecule has 1 aliphatic heterocycles. The van der Waals surface area contributed by atoms with E-state index in [1.54, 1.807) is 32.9 Å². The van der Waals surface area contributed by atoms with Gasteiger partial charge in [0, 0.05) is 39.0 Å². The fourth-order valence-corrected chi connectivity index (χ4v) is 3.56. The van der Waals surface area contributed by atoms with E-state index in [1.165, 1.54) is 6.33 Å². The molecule has 0 radical (unpaired) electrons. The van der Waals surface area contributed by atoms with Crippen LogP contribution < -0.4 is 0 Å². The van der Waals surface area contributed by atoms with Gasteiger partial charge in [-0.3, -0.25) is 9.59 Å². The predicted octanol–water partition coefficient (Wildman–Crippen LogP) is 0.953. The number of nitrogens with zero attached hydrogens (tertiary/aromatic N) is 7. The van der Waals surface area contributed by atoms with E-state index in [-0.39, 0.29) is 23.7 Å². The Morgan fingerprint density at radius 3 is 2.84 bits per heavy atom. The first kappa shape index (κ1) is 19.5. The normalized spacial score (nSPS) is 16.4. The van der Waals surface area contributed by atoms with Gasteiger partial charge in [-0.1, -0.05) is 5.16 Å². The molecule has 3 aromatic rings. The summed E-state index contributed by atoms with van der Waals surface area (Å²) in [6.45, 7) is 1.99. The molecule has 11 nitrogen and oxygen atoms in total. The van der Waals surface area contributed by atoms with E-state index >= 15 is 0 Å². The van der Waals surface area contributed by atoms with Gasteiger partial charge in [-0.05, 0) is 25.0 Å². The lowest BCUT2D eigenvalue weighted by Crippen LogP contribution is -2.48. The fourth-order valence-electron chi connectivity index (χ4n) is 3.56. The van der Waals surface area contributed by atoms with Crippen LogP contribution in [0.25, 0.3) is 0 Å². The Bertz CT molecular complexity index is 1060. The first-order valence-electron chi connectivity index (χ1n) is 10.3. The predicted molar refractivity (Wildman–Crippen MR) is 105 cm³/mol. The van der Waals surface area contributed by atoms with Gasteiger partial charge in [0.25, 0.3) is 5.91 Å². The van der Waals surface area contributed by atoms with Gasteiger partial charge in [0.2, 0.25) is 11.8 Å². The van der Waals surface area contributed by atoms with Crippen LogP contribution in [0.5, 0.6) is 0 Å². The van der Waals surface area contributed by atoms with Crippen molar-refractivity contribution in [3.05, 3.63) is 48.0 Å². The Labute approximate surface area is 178 Å². The molecule has 1 aliphatic carbocycles. The lowest BCUT2D eigenvalue weighted by molar-refractivity contribution is -0.131. The van der Waals surface area contributed by atoms with Gasteiger partial charge in [-0.2, -0.15) is 10.1 Å². The SMILES string of the molecule is CN(CCc1noc(C2CN(C(=O)c3ccc(Cn4cncn4)o3)C2)n1)C(=O)C1CC1. The largest absolute Gasteiger partial charge is 0.454 e. The number of carbonyl (C=O) groups is 2. The van der Waals surface area contributed by atoms with Crippen molar-refractivity contribution in [2.24, 2.45) is 5.92 Å². The summed E-state index contributed by atoms with van der Waals surface area (Å²) < 4.78 is 12.7. The third-order valence-corrected chi connectivity index (χ3v) is 5.63. The Morgan fingerprint density at radius 1 is 1.26 bits per heavy atom. The zero-order valence-corrected chi connectivity index (χ0v) is 17.2. The number of hydrogen-bond acceptors (Lipinski definition) is 8. The maximum atomic E-state index is 12.6. The Morgan fingerprint density at radius 2 is 2.10 bits per heavy atom. The third-order valence-electron chi connectivity index (χ3n) is 5.63. The molecule has 0 aromatic carbocycles. The zero-order valence-electron chi connectivity index (χ0n) is 17.2. The number of carbonyl (C=O) groups excluding carboxylic acids is 2. The van der Waals surface area contributed by atoms with Crippen LogP contribution in [0.4, 0.5) is 0 Å². The van der Waals surface area contributed by atoms with Crippen LogP contribution in [0.1, 0.15) is 46.8 Å². The molecule has 5 rings (SSSR count). The Balaban J connectivity index is 1.10. The van der Waals surface area contributed by atoms with Crippen LogP contribution in [0, 0.1) is 5.92 Å². The van der Waals surface area contributed by atoms with Crippen LogP contribution in [0.2, 0.25) is 0 Å². The minimum Gasteiger partial charge on any atom is -0.454 e. The molecule has 3 aromatic heterocycles. The highest BCUT2D eigenvalue weighted by Crippen LogP contribution is 2.31. The molecule has 2 aliphatic rings. The standard InChI is InChI=1S/C20H23N7O4/c1-25(19(28)13-2-3-13)7-6-17-23-18(31-24-17)14-8-26(9-14)20(29)16-5-4-15(30-16)10-27-12-21-11-22-27/h4-5,11-14H,2-3,6-10H2,1H3. The van der Waals surface area contributed by atoms with Gasteiger partial charge in [0.15, 0.2) is 11.6 Å². The first-order chi connectivity index (χ1) is 15.1. The van der Waals surface area contributed by atoms with Gasteiger partial charge in [-0.15, -0.1) is 0 Å². The van der Waals surface area contributed by atoms with Gasteiger partial charge in [0.1, 0.15) is 25.0 Å². The molecule has 0 spiro atoms. The topological polar surface area (TPSA) is 123 Å². The number of aromatic nitrogens is 5. The van der Waals surface area contributed by atoms with E-state index in [0.29, 0.717) is 55.8 Å². The number of likely N-dealkylation sites (tertiary alicyclic amines) is 1. The van der Waals surface area contributed by atoms with E-state index in [0.717, 1.165) is 12.8 Å². The van der Waals surface area contributed by atoms with Crippen molar-refractivity contribution in [3.8, 4) is 0 Å². The lowest BCUT2D eigenvalue weighted by Gasteiger charge is -2.36. The number of likely N-dealkylation sites (N-methyl/N-ethyl adjacent to an activating group) is 1. The molecular weight excluding hydrogens is 402 g/mol. The molecule has 1 saturated carbocycles. The highest BCUT2D eigenvalue weighted by molar-refractivity contribution is 5.92. The van der Waals surface area contributed by atoms with Gasteiger partial charge >= 0.3 is 0 Å². The molecule has 11 heteroatoms. The zero-order chi connectivity index (χ0) is 21.4. The van der Waals surface area contributed by atoms with E-state index in [9.17, 15) is 9.59 Å². The van der Waals surface area contributed by atoms with Crippen molar-refractivity contribution in [2.75, 3.05) is 26.7 Å². The van der Waals surface area contributed by atoms with Crippen molar-refractivity contribution in [2.45, 2.75) is 31.7 Å². The molecule has 1 saturated heterocycles. The summed E-state index contributed by atoms with van der Waals surface area (Å²) in [7, 11) is 1.81. The smallest absolute Gasteiger partial charge is 0.289 e. The molecule has 2 amide bonds. The van der Waals surface area contributed by atoms with Crippen LogP contribution in [0.3, 0.4) is 0 Å². The average Bonchev–Trinajstić information content (AvgIpc) is 3.11. The molecule has 0 atom stereocenters. The third kappa shape index (κ3) is 4.21. The molecule has 2 fully saturated rings. The summed E-state index contributed by atoms with van der Waals surface area (Å²) in [5.74, 6) is 2.29. The highest BCUT2D eigenvalue weighted by Gasteiger charge is 2.37. The average molecular weight is 425 g/mol.